The van der Waals surface area contributed by atoms with Gasteiger partial charge >= 0.3 is 5.97 Å². The van der Waals surface area contributed by atoms with E-state index in [-0.39, 0.29) is 0 Å². The van der Waals surface area contributed by atoms with Crippen molar-refractivity contribution < 1.29 is 9.53 Å². The molecule has 0 spiro atoms. The molecule has 0 saturated heterocycles. The third kappa shape index (κ3) is 2.52. The van der Waals surface area contributed by atoms with E-state index >= 15 is 0 Å². The van der Waals surface area contributed by atoms with Gasteiger partial charge in [-0.05, 0) is 17.7 Å². The van der Waals surface area contributed by atoms with E-state index in [1.807, 2.05) is 6.07 Å². The fourth-order valence-electron chi connectivity index (χ4n) is 1.12. The second-order valence-electron chi connectivity index (χ2n) is 2.78. The molecule has 0 aliphatic rings. The predicted molar refractivity (Wildman–Crippen MR) is 62.4 cm³/mol. The van der Waals surface area contributed by atoms with Gasteiger partial charge in [-0.2, -0.15) is 5.26 Å². The predicted octanol–water partition coefficient (Wildman–Crippen LogP) is 2.53. The van der Waals surface area contributed by atoms with E-state index in [0.29, 0.717) is 21.4 Å². The number of thiol groups is 1. The van der Waals surface area contributed by atoms with Crippen molar-refractivity contribution in [1.29, 1.82) is 5.26 Å². The zero-order valence-corrected chi connectivity index (χ0v) is 10.4. The van der Waals surface area contributed by atoms with Gasteiger partial charge in [0.1, 0.15) is 6.07 Å². The zero-order valence-electron chi connectivity index (χ0n) is 7.95. The molecule has 0 amide bonds. The summed E-state index contributed by atoms with van der Waals surface area (Å²) < 4.78 is 4.60. The number of methoxy groups -OCH3 is 1. The first-order valence-corrected chi connectivity index (χ1v) is 5.61. The second-order valence-corrected chi connectivity index (χ2v) is 3.78. The van der Waals surface area contributed by atoms with Gasteiger partial charge in [0.05, 0.1) is 18.2 Å². The van der Waals surface area contributed by atoms with Gasteiger partial charge in [-0.25, -0.2) is 4.79 Å². The Morgan fingerprint density at radius 1 is 1.67 bits per heavy atom. The summed E-state index contributed by atoms with van der Waals surface area (Å²) in [6, 6.07) is 5.32. The second kappa shape index (κ2) is 5.19. The average Bonchev–Trinajstić information content (AvgIpc) is 2.28. The van der Waals surface area contributed by atoms with Crippen molar-refractivity contribution in [2.75, 3.05) is 7.11 Å². The van der Waals surface area contributed by atoms with Crippen molar-refractivity contribution in [1.82, 2.24) is 0 Å². The van der Waals surface area contributed by atoms with Crippen LogP contribution in [0, 0.1) is 11.3 Å². The quantitative estimate of drug-likeness (QED) is 0.516. The van der Waals surface area contributed by atoms with Gasteiger partial charge in [-0.3, -0.25) is 0 Å². The number of hydrogen-bond acceptors (Lipinski definition) is 4. The van der Waals surface area contributed by atoms with Crippen LogP contribution in [0.2, 0.25) is 0 Å². The van der Waals surface area contributed by atoms with Gasteiger partial charge in [0.25, 0.3) is 0 Å². The van der Waals surface area contributed by atoms with Crippen LogP contribution in [0.15, 0.2) is 17.0 Å². The van der Waals surface area contributed by atoms with E-state index in [2.05, 4.69) is 33.3 Å². The molecule has 78 valence electrons. The van der Waals surface area contributed by atoms with Crippen LogP contribution in [0.25, 0.3) is 0 Å². The van der Waals surface area contributed by atoms with E-state index in [0.717, 1.165) is 5.56 Å². The number of nitrogens with zero attached hydrogens (tertiary/aromatic N) is 1. The van der Waals surface area contributed by atoms with Crippen molar-refractivity contribution in [2.45, 2.75) is 10.2 Å². The fourth-order valence-corrected chi connectivity index (χ4v) is 1.72. The minimum absolute atomic E-state index is 0.314. The number of carbonyl (C=O) groups is 1. The first-order chi connectivity index (χ1) is 7.13. The zero-order chi connectivity index (χ0) is 11.4. The first kappa shape index (κ1) is 12.1. The lowest BCUT2D eigenvalue weighted by Gasteiger charge is -2.06. The van der Waals surface area contributed by atoms with Gasteiger partial charge in [0.15, 0.2) is 0 Å². The normalized spacial score (nSPS) is 9.47. The number of hydrogen-bond donors (Lipinski definition) is 1. The molecule has 0 aliphatic carbocycles. The summed E-state index contributed by atoms with van der Waals surface area (Å²) in [7, 11) is 1.29. The third-order valence-electron chi connectivity index (χ3n) is 1.85. The van der Waals surface area contributed by atoms with E-state index in [1.165, 1.54) is 7.11 Å². The van der Waals surface area contributed by atoms with Crippen LogP contribution in [-0.2, 0) is 10.1 Å². The molecule has 0 radical (unpaired) electrons. The number of esters is 1. The largest absolute Gasteiger partial charge is 0.465 e. The molecule has 0 atom stereocenters. The van der Waals surface area contributed by atoms with E-state index < -0.39 is 5.97 Å². The SMILES string of the molecule is COC(=O)c1cc(CBr)cc(C#N)c1S. The molecule has 1 aromatic rings. The van der Waals surface area contributed by atoms with Crippen molar-refractivity contribution in [3.63, 3.8) is 0 Å². The molecular weight excluding hydrogens is 278 g/mol. The summed E-state index contributed by atoms with van der Waals surface area (Å²) in [5, 5.41) is 9.42. The Morgan fingerprint density at radius 3 is 2.80 bits per heavy atom. The minimum Gasteiger partial charge on any atom is -0.465 e. The maximum atomic E-state index is 11.4. The summed E-state index contributed by atoms with van der Waals surface area (Å²) in [5.74, 6) is -0.487. The molecule has 5 heteroatoms. The fraction of sp³-hybridized carbons (Fsp3) is 0.200. The van der Waals surface area contributed by atoms with Gasteiger partial charge in [-0.15, -0.1) is 12.6 Å². The van der Waals surface area contributed by atoms with Crippen LogP contribution in [0.1, 0.15) is 21.5 Å². The molecule has 0 saturated carbocycles. The van der Waals surface area contributed by atoms with Crippen molar-refractivity contribution >= 4 is 34.5 Å². The topological polar surface area (TPSA) is 50.1 Å². The van der Waals surface area contributed by atoms with Crippen LogP contribution in [0.3, 0.4) is 0 Å². The molecular formula is C10H8BrNO2S. The monoisotopic (exact) mass is 285 g/mol. The molecule has 1 rings (SSSR count). The number of halogens is 1. The Hall–Kier alpha value is -0.990. The van der Waals surface area contributed by atoms with Gasteiger partial charge in [-0.1, -0.05) is 15.9 Å². The summed E-state index contributed by atoms with van der Waals surface area (Å²) in [6.45, 7) is 0. The number of carbonyl (C=O) groups excluding carboxylic acids is 1. The molecule has 0 unspecified atom stereocenters. The molecule has 0 heterocycles. The smallest absolute Gasteiger partial charge is 0.339 e. The Bertz CT molecular complexity index is 440. The van der Waals surface area contributed by atoms with Gasteiger partial charge < -0.3 is 4.74 Å². The van der Waals surface area contributed by atoms with Crippen LogP contribution in [0.5, 0.6) is 0 Å². The lowest BCUT2D eigenvalue weighted by Crippen LogP contribution is -2.04. The lowest BCUT2D eigenvalue weighted by atomic mass is 10.1. The molecule has 0 fully saturated rings. The number of nitriles is 1. The third-order valence-corrected chi connectivity index (χ3v) is 2.98. The maximum absolute atomic E-state index is 11.4. The standard InChI is InChI=1S/C10H8BrNO2S/c1-14-10(13)8-3-6(4-11)2-7(5-12)9(8)15/h2-3,15H,4H2,1H3. The minimum atomic E-state index is -0.487. The van der Waals surface area contributed by atoms with Gasteiger partial charge in [0, 0.05) is 10.2 Å². The number of alkyl halides is 1. The summed E-state index contributed by atoms with van der Waals surface area (Å²) in [4.78, 5) is 11.7. The molecule has 0 aliphatic heterocycles. The highest BCUT2D eigenvalue weighted by molar-refractivity contribution is 9.08. The molecule has 0 bridgehead atoms. The maximum Gasteiger partial charge on any atom is 0.339 e. The highest BCUT2D eigenvalue weighted by Gasteiger charge is 2.14. The highest BCUT2D eigenvalue weighted by Crippen LogP contribution is 2.23. The van der Waals surface area contributed by atoms with Crippen molar-refractivity contribution in [3.05, 3.63) is 28.8 Å². The Kier molecular flexibility index (Phi) is 4.18. The van der Waals surface area contributed by atoms with E-state index in [1.54, 1.807) is 12.1 Å². The van der Waals surface area contributed by atoms with Crippen LogP contribution < -0.4 is 0 Å². The van der Waals surface area contributed by atoms with E-state index in [4.69, 9.17) is 5.26 Å². The highest BCUT2D eigenvalue weighted by atomic mass is 79.9. The Labute approximate surface area is 102 Å². The van der Waals surface area contributed by atoms with Gasteiger partial charge in [0.2, 0.25) is 0 Å². The lowest BCUT2D eigenvalue weighted by molar-refractivity contribution is 0.0596. The summed E-state index contributed by atoms with van der Waals surface area (Å²) in [5.41, 5.74) is 1.52. The molecule has 1 aromatic carbocycles. The van der Waals surface area contributed by atoms with E-state index in [9.17, 15) is 4.79 Å². The first-order valence-electron chi connectivity index (χ1n) is 4.04. The number of ether oxygens (including phenoxy) is 1. The summed E-state index contributed by atoms with van der Waals surface area (Å²) >= 11 is 7.40. The number of rotatable bonds is 2. The molecule has 3 nitrogen and oxygen atoms in total. The Balaban J connectivity index is 3.38. The number of benzene rings is 1. The summed E-state index contributed by atoms with van der Waals surface area (Å²) in [6.07, 6.45) is 0. The Morgan fingerprint density at radius 2 is 2.33 bits per heavy atom. The van der Waals surface area contributed by atoms with Crippen molar-refractivity contribution in [3.8, 4) is 6.07 Å². The van der Waals surface area contributed by atoms with Crippen molar-refractivity contribution in [2.24, 2.45) is 0 Å². The average molecular weight is 286 g/mol. The molecule has 0 aromatic heterocycles. The molecule has 15 heavy (non-hydrogen) atoms. The molecule has 0 N–H and O–H groups in total. The van der Waals surface area contributed by atoms with Crippen LogP contribution in [-0.4, -0.2) is 13.1 Å². The van der Waals surface area contributed by atoms with Crippen LogP contribution >= 0.6 is 28.6 Å². The van der Waals surface area contributed by atoms with Crippen LogP contribution in [0.4, 0.5) is 0 Å².